The van der Waals surface area contributed by atoms with Gasteiger partial charge in [0.1, 0.15) is 11.5 Å². The fourth-order valence-electron chi connectivity index (χ4n) is 4.21. The van der Waals surface area contributed by atoms with Crippen LogP contribution in [0.25, 0.3) is 5.76 Å². The van der Waals surface area contributed by atoms with E-state index >= 15 is 0 Å². The summed E-state index contributed by atoms with van der Waals surface area (Å²) in [7, 11) is 5.12. The lowest BCUT2D eigenvalue weighted by Gasteiger charge is -2.26. The number of ether oxygens (including phenoxy) is 1. The number of H-pyrrole nitrogens is 1. The van der Waals surface area contributed by atoms with Gasteiger partial charge in [-0.05, 0) is 64.2 Å². The van der Waals surface area contributed by atoms with Gasteiger partial charge in [0.25, 0.3) is 11.7 Å². The van der Waals surface area contributed by atoms with Gasteiger partial charge in [0, 0.05) is 22.8 Å². The van der Waals surface area contributed by atoms with Gasteiger partial charge >= 0.3 is 5.97 Å². The van der Waals surface area contributed by atoms with Gasteiger partial charge in [0.05, 0.1) is 18.7 Å². The fraction of sp³-hybridized carbons (Fsp3) is 0.375. The molecule has 0 bridgehead atoms. The highest BCUT2D eigenvalue weighted by Gasteiger charge is 2.46. The maximum atomic E-state index is 13.2. The van der Waals surface area contributed by atoms with Gasteiger partial charge in [-0.3, -0.25) is 9.59 Å². The van der Waals surface area contributed by atoms with Crippen molar-refractivity contribution in [1.29, 1.82) is 0 Å². The average Bonchev–Trinajstić information content (AvgIpc) is 3.20. The molecule has 1 aromatic carbocycles. The van der Waals surface area contributed by atoms with Gasteiger partial charge in [-0.15, -0.1) is 0 Å². The molecule has 0 radical (unpaired) electrons. The summed E-state index contributed by atoms with van der Waals surface area (Å²) in [5.41, 5.74) is 2.04. The molecule has 8 nitrogen and oxygen atoms in total. The molecule has 2 aromatic rings. The normalized spacial score (nSPS) is 17.8. The van der Waals surface area contributed by atoms with Crippen molar-refractivity contribution in [2.24, 2.45) is 0 Å². The molecule has 1 aromatic heterocycles. The molecule has 1 aliphatic rings. The number of aromatic amines is 1. The minimum absolute atomic E-state index is 0.0196. The van der Waals surface area contributed by atoms with Gasteiger partial charge in [-0.25, -0.2) is 4.79 Å². The summed E-state index contributed by atoms with van der Waals surface area (Å²) in [6.45, 7) is 4.40. The van der Waals surface area contributed by atoms with Crippen molar-refractivity contribution in [3.8, 4) is 0 Å². The summed E-state index contributed by atoms with van der Waals surface area (Å²) in [6.07, 6.45) is 0.652. The lowest BCUT2D eigenvalue weighted by Crippen LogP contribution is -2.32. The Hall–Kier alpha value is -3.10. The number of halogens is 1. The van der Waals surface area contributed by atoms with Crippen LogP contribution in [0.1, 0.15) is 45.3 Å². The summed E-state index contributed by atoms with van der Waals surface area (Å²) in [5, 5.41) is 11.8. The first-order valence-corrected chi connectivity index (χ1v) is 10.9. The largest absolute Gasteiger partial charge is 0.507 e. The molecular weight excluding hydrogens is 446 g/mol. The number of aromatic nitrogens is 1. The van der Waals surface area contributed by atoms with Crippen LogP contribution in [-0.2, 0) is 14.3 Å². The van der Waals surface area contributed by atoms with E-state index in [9.17, 15) is 19.5 Å². The van der Waals surface area contributed by atoms with Crippen molar-refractivity contribution >= 4 is 35.0 Å². The third-order valence-corrected chi connectivity index (χ3v) is 6.05. The highest BCUT2D eigenvalue weighted by Crippen LogP contribution is 2.41. The summed E-state index contributed by atoms with van der Waals surface area (Å²) in [5.74, 6) is -2.36. The van der Waals surface area contributed by atoms with Crippen molar-refractivity contribution in [2.75, 3.05) is 34.3 Å². The molecule has 1 unspecified atom stereocenters. The maximum Gasteiger partial charge on any atom is 0.354 e. The standard InChI is InChI=1S/C24H28ClN3O5/c1-13-17(14(2)26-19(13)24(32)33-5)21(29)18-20(15-7-9-16(25)10-8-15)28(23(31)22(18)30)12-6-11-27(3)4/h7-10,20,26,29H,6,11-12H2,1-5H3/b21-18-. The molecule has 0 saturated carbocycles. The lowest BCUT2D eigenvalue weighted by atomic mass is 9.94. The summed E-state index contributed by atoms with van der Waals surface area (Å²) >= 11 is 6.05. The van der Waals surface area contributed by atoms with Crippen molar-refractivity contribution < 1.29 is 24.2 Å². The highest BCUT2D eigenvalue weighted by atomic mass is 35.5. The van der Waals surface area contributed by atoms with Gasteiger partial charge in [0.2, 0.25) is 0 Å². The second-order valence-electron chi connectivity index (χ2n) is 8.32. The van der Waals surface area contributed by atoms with Crippen LogP contribution in [0.15, 0.2) is 29.8 Å². The first-order valence-electron chi connectivity index (χ1n) is 10.5. The molecule has 176 valence electrons. The molecule has 1 fully saturated rings. The number of methoxy groups -OCH3 is 1. The minimum Gasteiger partial charge on any atom is -0.507 e. The number of nitrogens with one attached hydrogen (secondary N) is 1. The molecule has 1 amide bonds. The minimum atomic E-state index is -0.778. The van der Waals surface area contributed by atoms with Gasteiger partial charge < -0.3 is 24.6 Å². The Bertz CT molecular complexity index is 1120. The van der Waals surface area contributed by atoms with E-state index in [1.807, 2.05) is 19.0 Å². The predicted molar refractivity (Wildman–Crippen MR) is 125 cm³/mol. The predicted octanol–water partition coefficient (Wildman–Crippen LogP) is 3.44. The van der Waals surface area contributed by atoms with Crippen LogP contribution in [0.3, 0.4) is 0 Å². The van der Waals surface area contributed by atoms with E-state index in [0.717, 1.165) is 6.54 Å². The Balaban J connectivity index is 2.17. The number of esters is 1. The number of hydrogen-bond donors (Lipinski definition) is 2. The van der Waals surface area contributed by atoms with Crippen molar-refractivity contribution in [3.05, 3.63) is 62.9 Å². The van der Waals surface area contributed by atoms with E-state index < -0.39 is 23.7 Å². The van der Waals surface area contributed by atoms with Crippen LogP contribution >= 0.6 is 11.6 Å². The Morgan fingerprint density at radius 2 is 1.85 bits per heavy atom. The number of aliphatic hydroxyl groups excluding tert-OH is 1. The smallest absolute Gasteiger partial charge is 0.354 e. The first kappa shape index (κ1) is 24.5. The summed E-state index contributed by atoms with van der Waals surface area (Å²) in [6, 6.07) is 6.06. The van der Waals surface area contributed by atoms with Crippen LogP contribution in [0.5, 0.6) is 0 Å². The molecule has 9 heteroatoms. The maximum absolute atomic E-state index is 13.2. The molecular formula is C24H28ClN3O5. The average molecular weight is 474 g/mol. The third kappa shape index (κ3) is 4.67. The van der Waals surface area contributed by atoms with E-state index in [0.29, 0.717) is 40.4 Å². The number of hydrogen-bond acceptors (Lipinski definition) is 6. The number of carbonyl (C=O) groups excluding carboxylic acids is 3. The SMILES string of the molecule is COC(=O)c1[nH]c(C)c(/C(O)=C2/C(=O)C(=O)N(CCCN(C)C)C2c2ccc(Cl)cc2)c1C. The molecule has 2 N–H and O–H groups in total. The number of likely N-dealkylation sites (tertiary alicyclic amines) is 1. The summed E-state index contributed by atoms with van der Waals surface area (Å²) < 4.78 is 4.80. The zero-order valence-corrected chi connectivity index (χ0v) is 20.1. The first-order chi connectivity index (χ1) is 15.6. The topological polar surface area (TPSA) is 103 Å². The fourth-order valence-corrected chi connectivity index (χ4v) is 4.33. The van der Waals surface area contributed by atoms with Crippen LogP contribution in [0.2, 0.25) is 5.02 Å². The summed E-state index contributed by atoms with van der Waals surface area (Å²) in [4.78, 5) is 44.7. The van der Waals surface area contributed by atoms with Crippen molar-refractivity contribution in [2.45, 2.75) is 26.3 Å². The van der Waals surface area contributed by atoms with E-state index in [1.54, 1.807) is 38.1 Å². The second-order valence-corrected chi connectivity index (χ2v) is 8.75. The monoisotopic (exact) mass is 473 g/mol. The molecule has 2 heterocycles. The Morgan fingerprint density at radius 3 is 2.42 bits per heavy atom. The van der Waals surface area contributed by atoms with Gasteiger partial charge in [-0.2, -0.15) is 0 Å². The number of Topliss-reactive ketones (excluding diaryl/α,β-unsaturated/α-hetero) is 1. The Kier molecular flexibility index (Phi) is 7.29. The molecule has 1 atom stereocenters. The van der Waals surface area contributed by atoms with Crippen LogP contribution in [0.4, 0.5) is 0 Å². The number of aliphatic hydroxyl groups is 1. The third-order valence-electron chi connectivity index (χ3n) is 5.79. The van der Waals surface area contributed by atoms with Crippen LogP contribution in [0, 0.1) is 13.8 Å². The Labute approximate surface area is 197 Å². The number of carbonyl (C=O) groups is 3. The highest BCUT2D eigenvalue weighted by molar-refractivity contribution is 6.46. The number of benzene rings is 1. The molecule has 33 heavy (non-hydrogen) atoms. The van der Waals surface area contributed by atoms with Crippen LogP contribution in [-0.4, -0.2) is 71.8 Å². The number of aryl methyl sites for hydroxylation is 1. The van der Waals surface area contributed by atoms with Gasteiger partial charge in [-0.1, -0.05) is 23.7 Å². The molecule has 1 saturated heterocycles. The van der Waals surface area contributed by atoms with Crippen molar-refractivity contribution in [1.82, 2.24) is 14.8 Å². The van der Waals surface area contributed by atoms with Crippen molar-refractivity contribution in [3.63, 3.8) is 0 Å². The Morgan fingerprint density at radius 1 is 1.21 bits per heavy atom. The lowest BCUT2D eigenvalue weighted by molar-refractivity contribution is -0.139. The zero-order chi connectivity index (χ0) is 24.4. The van der Waals surface area contributed by atoms with E-state index in [4.69, 9.17) is 16.3 Å². The van der Waals surface area contributed by atoms with E-state index in [-0.39, 0.29) is 17.0 Å². The van der Waals surface area contributed by atoms with E-state index in [1.165, 1.54) is 12.0 Å². The quantitative estimate of drug-likeness (QED) is 0.276. The number of nitrogens with zero attached hydrogens (tertiary/aromatic N) is 2. The molecule has 3 rings (SSSR count). The number of rotatable bonds is 7. The molecule has 0 aliphatic carbocycles. The molecule has 0 spiro atoms. The number of amides is 1. The second kappa shape index (κ2) is 9.80. The molecule has 1 aliphatic heterocycles. The van der Waals surface area contributed by atoms with Gasteiger partial charge in [0.15, 0.2) is 0 Å². The van der Waals surface area contributed by atoms with E-state index in [2.05, 4.69) is 4.98 Å². The van der Waals surface area contributed by atoms with Crippen LogP contribution < -0.4 is 0 Å². The number of ketones is 1. The zero-order valence-electron chi connectivity index (χ0n) is 19.4.